The molecule has 5 nitrogen and oxygen atoms in total. The van der Waals surface area contributed by atoms with Gasteiger partial charge in [0, 0.05) is 32.3 Å². The maximum absolute atomic E-state index is 9.15. The number of nitriles is 2. The molecule has 2 rings (SSSR count). The van der Waals surface area contributed by atoms with Gasteiger partial charge in [0.15, 0.2) is 0 Å². The summed E-state index contributed by atoms with van der Waals surface area (Å²) in [7, 11) is 0. The highest BCUT2D eigenvalue weighted by atomic mass is 15.2. The van der Waals surface area contributed by atoms with Crippen molar-refractivity contribution in [2.24, 2.45) is 11.8 Å². The second-order valence-electron chi connectivity index (χ2n) is 6.04. The summed E-state index contributed by atoms with van der Waals surface area (Å²) >= 11 is 0. The molecule has 116 valence electrons. The second kappa shape index (κ2) is 8.36. The van der Waals surface area contributed by atoms with Gasteiger partial charge in [-0.1, -0.05) is 6.07 Å². The van der Waals surface area contributed by atoms with Crippen LogP contribution in [0.2, 0.25) is 0 Å². The van der Waals surface area contributed by atoms with Gasteiger partial charge in [-0.3, -0.25) is 0 Å². The molecule has 1 fully saturated rings. The largest absolute Gasteiger partial charge is 0.370 e. The van der Waals surface area contributed by atoms with Crippen LogP contribution in [0.4, 0.5) is 5.82 Å². The number of pyridine rings is 1. The summed E-state index contributed by atoms with van der Waals surface area (Å²) in [6.07, 6.45) is 4.17. The molecule has 1 N–H and O–H groups in total. The number of rotatable bonds is 7. The average Bonchev–Trinajstić information content (AvgIpc) is 2.98. The van der Waals surface area contributed by atoms with Crippen LogP contribution < -0.4 is 5.32 Å². The van der Waals surface area contributed by atoms with Gasteiger partial charge in [-0.15, -0.1) is 0 Å². The zero-order valence-electron chi connectivity index (χ0n) is 13.1. The zero-order chi connectivity index (χ0) is 15.8. The first-order valence-electron chi connectivity index (χ1n) is 7.86. The number of likely N-dealkylation sites (tertiary alicyclic amines) is 1. The van der Waals surface area contributed by atoms with Gasteiger partial charge >= 0.3 is 0 Å². The van der Waals surface area contributed by atoms with Crippen molar-refractivity contribution in [2.75, 3.05) is 31.5 Å². The van der Waals surface area contributed by atoms with Crippen LogP contribution in [0.25, 0.3) is 0 Å². The molecular formula is C17H23N5. The Morgan fingerprint density at radius 1 is 1.45 bits per heavy atom. The minimum Gasteiger partial charge on any atom is -0.370 e. The van der Waals surface area contributed by atoms with E-state index < -0.39 is 0 Å². The average molecular weight is 297 g/mol. The van der Waals surface area contributed by atoms with E-state index in [2.05, 4.69) is 33.4 Å². The lowest BCUT2D eigenvalue weighted by Crippen LogP contribution is -2.28. The molecule has 0 amide bonds. The van der Waals surface area contributed by atoms with Crippen LogP contribution in [-0.4, -0.2) is 36.1 Å². The number of aryl methyl sites for hydroxylation is 1. The Labute approximate surface area is 132 Å². The summed E-state index contributed by atoms with van der Waals surface area (Å²) in [6.45, 7) is 5.80. The molecule has 1 aromatic rings. The molecular weight excluding hydrogens is 274 g/mol. The van der Waals surface area contributed by atoms with Crippen LogP contribution in [0, 0.1) is 41.4 Å². The first kappa shape index (κ1) is 16.3. The Morgan fingerprint density at radius 3 is 3.00 bits per heavy atom. The van der Waals surface area contributed by atoms with Crippen LogP contribution in [0.15, 0.2) is 18.3 Å². The zero-order valence-corrected chi connectivity index (χ0v) is 13.1. The van der Waals surface area contributed by atoms with E-state index in [9.17, 15) is 0 Å². The van der Waals surface area contributed by atoms with Crippen molar-refractivity contribution in [1.29, 1.82) is 10.5 Å². The molecule has 0 saturated carbocycles. The van der Waals surface area contributed by atoms with Gasteiger partial charge in [0.25, 0.3) is 0 Å². The van der Waals surface area contributed by atoms with Crippen LogP contribution >= 0.6 is 0 Å². The van der Waals surface area contributed by atoms with Crippen molar-refractivity contribution in [3.05, 3.63) is 23.9 Å². The quantitative estimate of drug-likeness (QED) is 0.837. The van der Waals surface area contributed by atoms with E-state index in [-0.39, 0.29) is 5.92 Å². The van der Waals surface area contributed by atoms with E-state index in [1.54, 1.807) is 0 Å². The predicted octanol–water partition coefficient (Wildman–Crippen LogP) is 2.57. The lowest BCUT2D eigenvalue weighted by Gasteiger charge is -2.19. The monoisotopic (exact) mass is 297 g/mol. The molecule has 2 heterocycles. The highest BCUT2D eigenvalue weighted by Gasteiger charge is 2.24. The summed E-state index contributed by atoms with van der Waals surface area (Å²) in [4.78, 5) is 6.70. The van der Waals surface area contributed by atoms with Crippen molar-refractivity contribution in [3.8, 4) is 12.1 Å². The molecule has 0 spiro atoms. The van der Waals surface area contributed by atoms with E-state index in [4.69, 9.17) is 10.5 Å². The molecule has 0 aliphatic carbocycles. The maximum atomic E-state index is 9.15. The van der Waals surface area contributed by atoms with Gasteiger partial charge in [0.2, 0.25) is 0 Å². The van der Waals surface area contributed by atoms with Gasteiger partial charge < -0.3 is 10.2 Å². The molecule has 2 unspecified atom stereocenters. The van der Waals surface area contributed by atoms with Gasteiger partial charge in [-0.05, 0) is 43.9 Å². The summed E-state index contributed by atoms with van der Waals surface area (Å²) < 4.78 is 0. The molecule has 22 heavy (non-hydrogen) atoms. The Hall–Kier alpha value is -2.11. The van der Waals surface area contributed by atoms with Gasteiger partial charge in [-0.2, -0.15) is 10.5 Å². The SMILES string of the molecule is Cc1ccc(NCC2CCN(CC(C#N)CCC#N)C2)nc1. The highest BCUT2D eigenvalue weighted by molar-refractivity contribution is 5.35. The third-order valence-corrected chi connectivity index (χ3v) is 4.12. The van der Waals surface area contributed by atoms with Crippen molar-refractivity contribution >= 4 is 5.82 Å². The molecule has 5 heteroatoms. The Morgan fingerprint density at radius 2 is 2.32 bits per heavy atom. The standard InChI is InChI=1S/C17H23N5/c1-14-4-5-17(20-10-14)21-11-16-6-8-22(13-16)12-15(9-19)3-2-7-18/h4-5,10,15-16H,2-3,6,8,11-13H2,1H3,(H,20,21). The number of nitrogens with zero attached hydrogens (tertiary/aromatic N) is 4. The van der Waals surface area contributed by atoms with Crippen LogP contribution in [0.3, 0.4) is 0 Å². The fraction of sp³-hybridized carbons (Fsp3) is 0.588. The lowest BCUT2D eigenvalue weighted by molar-refractivity contribution is 0.290. The van der Waals surface area contributed by atoms with E-state index in [0.717, 1.165) is 44.0 Å². The molecule has 1 aromatic heterocycles. The summed E-state index contributed by atoms with van der Waals surface area (Å²) in [5.74, 6) is 1.50. The highest BCUT2D eigenvalue weighted by Crippen LogP contribution is 2.19. The van der Waals surface area contributed by atoms with Crippen molar-refractivity contribution in [2.45, 2.75) is 26.2 Å². The number of hydrogen-bond donors (Lipinski definition) is 1. The predicted molar refractivity (Wildman–Crippen MR) is 86.0 cm³/mol. The number of nitrogens with one attached hydrogen (secondary N) is 1. The van der Waals surface area contributed by atoms with Gasteiger partial charge in [-0.25, -0.2) is 4.98 Å². The third kappa shape index (κ3) is 5.02. The third-order valence-electron chi connectivity index (χ3n) is 4.12. The van der Waals surface area contributed by atoms with E-state index in [0.29, 0.717) is 18.8 Å². The molecule has 2 atom stereocenters. The van der Waals surface area contributed by atoms with E-state index >= 15 is 0 Å². The van der Waals surface area contributed by atoms with E-state index in [1.165, 1.54) is 0 Å². The molecule has 0 aromatic carbocycles. The summed E-state index contributed by atoms with van der Waals surface area (Å²) in [5.41, 5.74) is 1.16. The Bertz CT molecular complexity index is 540. The van der Waals surface area contributed by atoms with Crippen LogP contribution in [-0.2, 0) is 0 Å². The first-order chi connectivity index (χ1) is 10.7. The molecule has 0 radical (unpaired) electrons. The minimum absolute atomic E-state index is 0.0230. The summed E-state index contributed by atoms with van der Waals surface area (Å²) in [5, 5.41) is 21.2. The Balaban J connectivity index is 1.72. The number of hydrogen-bond acceptors (Lipinski definition) is 5. The minimum atomic E-state index is -0.0230. The molecule has 0 bridgehead atoms. The smallest absolute Gasteiger partial charge is 0.125 e. The molecule has 1 saturated heterocycles. The second-order valence-corrected chi connectivity index (χ2v) is 6.04. The van der Waals surface area contributed by atoms with Crippen LogP contribution in [0.1, 0.15) is 24.8 Å². The topological polar surface area (TPSA) is 75.7 Å². The molecule has 1 aliphatic heterocycles. The van der Waals surface area contributed by atoms with Gasteiger partial charge in [0.1, 0.15) is 5.82 Å². The Kier molecular flexibility index (Phi) is 6.18. The maximum Gasteiger partial charge on any atom is 0.125 e. The normalized spacial score (nSPS) is 19.3. The van der Waals surface area contributed by atoms with Crippen molar-refractivity contribution < 1.29 is 0 Å². The fourth-order valence-corrected chi connectivity index (χ4v) is 2.81. The van der Waals surface area contributed by atoms with Gasteiger partial charge in [0.05, 0.1) is 18.1 Å². The molecule has 1 aliphatic rings. The van der Waals surface area contributed by atoms with Crippen LogP contribution in [0.5, 0.6) is 0 Å². The number of aromatic nitrogens is 1. The number of anilines is 1. The summed E-state index contributed by atoms with van der Waals surface area (Å²) in [6, 6.07) is 8.51. The fourth-order valence-electron chi connectivity index (χ4n) is 2.81. The van der Waals surface area contributed by atoms with Crippen molar-refractivity contribution in [3.63, 3.8) is 0 Å². The van der Waals surface area contributed by atoms with Crippen molar-refractivity contribution in [1.82, 2.24) is 9.88 Å². The first-order valence-corrected chi connectivity index (χ1v) is 7.86. The lowest BCUT2D eigenvalue weighted by atomic mass is 10.1. The van der Waals surface area contributed by atoms with E-state index in [1.807, 2.05) is 19.2 Å².